The van der Waals surface area contributed by atoms with Crippen LogP contribution in [0.3, 0.4) is 0 Å². The average molecular weight is 643 g/mol. The summed E-state index contributed by atoms with van der Waals surface area (Å²) in [5.74, 6) is 0.0668. The van der Waals surface area contributed by atoms with Gasteiger partial charge in [0.15, 0.2) is 0 Å². The number of aryl methyl sites for hydroxylation is 2. The van der Waals surface area contributed by atoms with Gasteiger partial charge in [0, 0.05) is 55.5 Å². The predicted octanol–water partition coefficient (Wildman–Crippen LogP) is 8.31. The molecule has 1 aromatic heterocycles. The van der Waals surface area contributed by atoms with E-state index >= 15 is 0 Å². The number of hydrogen-bond acceptors (Lipinski definition) is 6. The number of halogens is 1. The summed E-state index contributed by atoms with van der Waals surface area (Å²) in [6.45, 7) is 17.1. The summed E-state index contributed by atoms with van der Waals surface area (Å²) in [6, 6.07) is 18.1. The van der Waals surface area contributed by atoms with E-state index in [4.69, 9.17) is 15.0 Å². The van der Waals surface area contributed by atoms with Crippen molar-refractivity contribution in [2.45, 2.75) is 72.1 Å². The zero-order chi connectivity index (χ0) is 34.3. The number of piperidine rings is 1. The number of likely N-dealkylation sites (tertiary alicyclic amines) is 1. The van der Waals surface area contributed by atoms with Crippen LogP contribution in [0.2, 0.25) is 0 Å². The standard InChI is InChI=1S/C23H29N3O2.C11H10FN.C3H6O.C2H6/c1-16-8-9-20(23(27)28)14-22(16)25(4)18(3)15-26-12-10-19(11-13-26)21-7-5-6-17(2)24-21;12-11-6-9(7-13)3-4-10(11)5-8-1-2-8;1-2-4-3-1;1-2/h5-9,14,19H,3,10-13,15H2,1-2,4H3,(H,27,28);3-4,6,8H,1-2,5H2;1-3H2;1-2H3. The fraction of sp³-hybridized carbons (Fsp3) is 0.462. The zero-order valence-electron chi connectivity index (χ0n) is 28.8. The number of pyridine rings is 1. The average Bonchev–Trinajstić information content (AvgIpc) is 3.87. The molecular formula is C39H51FN4O3. The maximum absolute atomic E-state index is 13.3. The van der Waals surface area contributed by atoms with Crippen LogP contribution >= 0.6 is 0 Å². The molecule has 3 aromatic rings. The number of aromatic carboxylic acids is 1. The third-order valence-corrected chi connectivity index (χ3v) is 8.58. The summed E-state index contributed by atoms with van der Waals surface area (Å²) >= 11 is 0. The summed E-state index contributed by atoms with van der Waals surface area (Å²) in [5.41, 5.74) is 6.63. The zero-order valence-corrected chi connectivity index (χ0v) is 28.8. The summed E-state index contributed by atoms with van der Waals surface area (Å²) in [6.07, 6.45) is 6.75. The Hall–Kier alpha value is -4.06. The second kappa shape index (κ2) is 18.9. The van der Waals surface area contributed by atoms with Crippen molar-refractivity contribution in [1.82, 2.24) is 9.88 Å². The topological polar surface area (TPSA) is 89.7 Å². The Bertz CT molecular complexity index is 1500. The number of carbonyl (C=O) groups is 1. The SMILES string of the molecule is C1COC1.C=C(CN1CCC(c2cccc(C)n2)CC1)N(C)c1cc(C(=O)O)ccc1C.CC.N#Cc1ccc(CC2CC2)c(F)c1. The predicted molar refractivity (Wildman–Crippen MR) is 187 cm³/mol. The number of rotatable bonds is 8. The van der Waals surface area contributed by atoms with Crippen LogP contribution in [0, 0.1) is 36.9 Å². The van der Waals surface area contributed by atoms with Crippen molar-refractivity contribution in [1.29, 1.82) is 5.26 Å². The lowest BCUT2D eigenvalue weighted by Gasteiger charge is -2.34. The normalized spacial score (nSPS) is 15.6. The molecule has 6 rings (SSSR count). The summed E-state index contributed by atoms with van der Waals surface area (Å²) < 4.78 is 18.0. The van der Waals surface area contributed by atoms with E-state index in [2.05, 4.69) is 23.6 Å². The van der Waals surface area contributed by atoms with Gasteiger partial charge in [-0.1, -0.05) is 38.6 Å². The minimum absolute atomic E-state index is 0.231. The van der Waals surface area contributed by atoms with Gasteiger partial charge in [0.1, 0.15) is 5.82 Å². The maximum atomic E-state index is 13.3. The molecule has 1 saturated carbocycles. The number of benzene rings is 2. The molecule has 3 fully saturated rings. The second-order valence-corrected chi connectivity index (χ2v) is 12.2. The van der Waals surface area contributed by atoms with E-state index in [1.54, 1.807) is 24.3 Å². The lowest BCUT2D eigenvalue weighted by molar-refractivity contribution is 0.0367. The van der Waals surface area contributed by atoms with E-state index in [1.165, 1.54) is 31.0 Å². The van der Waals surface area contributed by atoms with Crippen LogP contribution in [-0.4, -0.2) is 60.9 Å². The van der Waals surface area contributed by atoms with Gasteiger partial charge in [-0.3, -0.25) is 9.88 Å². The van der Waals surface area contributed by atoms with Gasteiger partial charge in [-0.25, -0.2) is 9.18 Å². The van der Waals surface area contributed by atoms with Crippen molar-refractivity contribution in [3.05, 3.63) is 106 Å². The highest BCUT2D eigenvalue weighted by Gasteiger charge is 2.24. The van der Waals surface area contributed by atoms with Crippen molar-refractivity contribution < 1.29 is 19.0 Å². The number of likely N-dealkylation sites (N-methyl/N-ethyl adjacent to an activating group) is 1. The van der Waals surface area contributed by atoms with Crippen molar-refractivity contribution in [3.63, 3.8) is 0 Å². The number of nitriles is 1. The van der Waals surface area contributed by atoms with Gasteiger partial charge >= 0.3 is 5.97 Å². The smallest absolute Gasteiger partial charge is 0.335 e. The number of anilines is 1. The first-order valence-electron chi connectivity index (χ1n) is 16.8. The van der Waals surface area contributed by atoms with Crippen LogP contribution < -0.4 is 4.90 Å². The summed E-state index contributed by atoms with van der Waals surface area (Å²) in [5, 5.41) is 17.8. The minimum atomic E-state index is -0.910. The molecule has 1 N–H and O–H groups in total. The van der Waals surface area contributed by atoms with Crippen molar-refractivity contribution >= 4 is 11.7 Å². The highest BCUT2D eigenvalue weighted by Crippen LogP contribution is 2.33. The molecule has 1 aliphatic carbocycles. The fourth-order valence-corrected chi connectivity index (χ4v) is 5.38. The van der Waals surface area contributed by atoms with Crippen LogP contribution in [0.4, 0.5) is 10.1 Å². The Labute approximate surface area is 280 Å². The Balaban J connectivity index is 0.000000258. The lowest BCUT2D eigenvalue weighted by atomic mass is 9.93. The maximum Gasteiger partial charge on any atom is 0.335 e. The van der Waals surface area contributed by atoms with Gasteiger partial charge in [0.2, 0.25) is 0 Å². The van der Waals surface area contributed by atoms with E-state index in [0.29, 0.717) is 23.0 Å². The van der Waals surface area contributed by atoms with Crippen LogP contribution in [0.1, 0.15) is 90.3 Å². The highest BCUT2D eigenvalue weighted by atomic mass is 19.1. The van der Waals surface area contributed by atoms with Gasteiger partial charge in [0.05, 0.1) is 17.2 Å². The molecular weight excluding hydrogens is 591 g/mol. The molecule has 0 amide bonds. The first-order chi connectivity index (χ1) is 22.6. The van der Waals surface area contributed by atoms with E-state index in [-0.39, 0.29) is 5.82 Å². The van der Waals surface area contributed by atoms with Gasteiger partial charge in [0.25, 0.3) is 0 Å². The van der Waals surface area contributed by atoms with Crippen LogP contribution in [0.15, 0.2) is 66.9 Å². The molecule has 2 aliphatic heterocycles. The van der Waals surface area contributed by atoms with Crippen molar-refractivity contribution in [2.24, 2.45) is 5.92 Å². The quantitative estimate of drug-likeness (QED) is 0.264. The van der Waals surface area contributed by atoms with Gasteiger partial charge in [-0.05, 0) is 119 Å². The molecule has 0 spiro atoms. The second-order valence-electron chi connectivity index (χ2n) is 12.2. The van der Waals surface area contributed by atoms with Gasteiger partial charge in [-0.2, -0.15) is 5.26 Å². The molecule has 7 nitrogen and oxygen atoms in total. The molecule has 0 bridgehead atoms. The largest absolute Gasteiger partial charge is 0.478 e. The Morgan fingerprint density at radius 2 is 1.74 bits per heavy atom. The molecule has 47 heavy (non-hydrogen) atoms. The Morgan fingerprint density at radius 1 is 1.09 bits per heavy atom. The van der Waals surface area contributed by atoms with Crippen LogP contribution in [-0.2, 0) is 11.2 Å². The lowest BCUT2D eigenvalue weighted by Crippen LogP contribution is -2.37. The fourth-order valence-electron chi connectivity index (χ4n) is 5.38. The van der Waals surface area contributed by atoms with Gasteiger partial charge < -0.3 is 14.7 Å². The monoisotopic (exact) mass is 642 g/mol. The Morgan fingerprint density at radius 3 is 2.28 bits per heavy atom. The molecule has 3 aliphatic rings. The third-order valence-electron chi connectivity index (χ3n) is 8.58. The highest BCUT2D eigenvalue weighted by molar-refractivity contribution is 5.89. The van der Waals surface area contributed by atoms with Gasteiger partial charge in [-0.15, -0.1) is 0 Å². The summed E-state index contributed by atoms with van der Waals surface area (Å²) in [4.78, 5) is 20.4. The number of carboxylic acid groups (broad SMARTS) is 1. The number of hydrogen-bond donors (Lipinski definition) is 1. The van der Waals surface area contributed by atoms with E-state index in [0.717, 1.165) is 80.3 Å². The molecule has 3 heterocycles. The summed E-state index contributed by atoms with van der Waals surface area (Å²) in [7, 11) is 1.96. The first kappa shape index (κ1) is 37.4. The van der Waals surface area contributed by atoms with E-state index in [1.807, 2.05) is 57.8 Å². The molecule has 0 radical (unpaired) electrons. The van der Waals surface area contributed by atoms with Crippen molar-refractivity contribution in [2.75, 3.05) is 44.8 Å². The van der Waals surface area contributed by atoms with Crippen LogP contribution in [0.5, 0.6) is 0 Å². The minimum Gasteiger partial charge on any atom is -0.478 e. The van der Waals surface area contributed by atoms with E-state index < -0.39 is 5.97 Å². The van der Waals surface area contributed by atoms with Crippen molar-refractivity contribution in [3.8, 4) is 6.07 Å². The number of nitrogens with zero attached hydrogens (tertiary/aromatic N) is 4. The molecule has 2 aromatic carbocycles. The number of carboxylic acids is 1. The Kier molecular flexibility index (Phi) is 15.1. The number of aromatic nitrogens is 1. The van der Waals surface area contributed by atoms with Crippen LogP contribution in [0.25, 0.3) is 0 Å². The molecule has 8 heteroatoms. The molecule has 2 saturated heterocycles. The first-order valence-corrected chi connectivity index (χ1v) is 16.8. The third kappa shape index (κ3) is 11.9. The molecule has 0 atom stereocenters. The number of ether oxygens (including phenoxy) is 1. The van der Waals surface area contributed by atoms with E-state index in [9.17, 15) is 14.3 Å². The molecule has 252 valence electrons. The molecule has 0 unspecified atom stereocenters.